The lowest BCUT2D eigenvalue weighted by Gasteiger charge is -2.06. The van der Waals surface area contributed by atoms with Gasteiger partial charge in [-0.15, -0.1) is 12.4 Å². The molecule has 1 rings (SSSR count). The minimum absolute atomic E-state index is 0. The van der Waals surface area contributed by atoms with Crippen molar-refractivity contribution in [1.82, 2.24) is 0 Å². The molecule has 3 N–H and O–H groups in total. The molecule has 5 nitrogen and oxygen atoms in total. The van der Waals surface area contributed by atoms with E-state index in [9.17, 15) is 14.0 Å². The first-order valence-electron chi connectivity index (χ1n) is 4.53. The Hall–Kier alpha value is -1.08. The lowest BCUT2D eigenvalue weighted by atomic mass is 10.2. The van der Waals surface area contributed by atoms with E-state index in [4.69, 9.17) is 17.4 Å². The normalized spacial score (nSPS) is 8.53. The number of esters is 1. The predicted octanol–water partition coefficient (Wildman–Crippen LogP) is 2.74. The summed E-state index contributed by atoms with van der Waals surface area (Å²) in [6.45, 7) is 1.29. The molecule has 0 saturated heterocycles. The van der Waals surface area contributed by atoms with Gasteiger partial charge in [0.05, 0.1) is 23.4 Å². The largest absolute Gasteiger partial charge is 0.465 e. The first kappa shape index (κ1) is 20.2. The molecular weight excluding hydrogens is 321 g/mol. The van der Waals surface area contributed by atoms with Crippen molar-refractivity contribution in [2.75, 3.05) is 12.5 Å². The number of nitrogens with two attached hydrogens (primary N) is 1. The summed E-state index contributed by atoms with van der Waals surface area (Å²) >= 11 is 10.3. The van der Waals surface area contributed by atoms with Crippen LogP contribution >= 0.6 is 35.6 Å². The Balaban J connectivity index is 0. The van der Waals surface area contributed by atoms with Crippen LogP contribution in [-0.4, -0.2) is 18.3 Å². The molecule has 19 heavy (non-hydrogen) atoms. The van der Waals surface area contributed by atoms with Crippen LogP contribution in [0.1, 0.15) is 17.3 Å². The van der Waals surface area contributed by atoms with Crippen molar-refractivity contribution in [2.24, 2.45) is 5.84 Å². The summed E-state index contributed by atoms with van der Waals surface area (Å²) in [6, 6.07) is 2.17. The highest BCUT2D eigenvalue weighted by Crippen LogP contribution is 2.24. The fourth-order valence-corrected chi connectivity index (χ4v) is 1.15. The van der Waals surface area contributed by atoms with Crippen LogP contribution in [-0.2, 0) is 9.53 Å². The van der Waals surface area contributed by atoms with E-state index in [1.807, 2.05) is 0 Å². The summed E-state index contributed by atoms with van der Waals surface area (Å²) in [5.74, 6) is 3.75. The molecule has 108 valence electrons. The van der Waals surface area contributed by atoms with Gasteiger partial charge in [-0.1, -0.05) is 11.6 Å². The highest BCUT2D eigenvalue weighted by Gasteiger charge is 2.14. The molecule has 0 aromatic heterocycles. The van der Waals surface area contributed by atoms with Crippen LogP contribution in [0.4, 0.5) is 10.1 Å². The smallest absolute Gasteiger partial charge is 0.339 e. The number of halogens is 4. The molecular formula is C10H12Cl3FN2O3. The summed E-state index contributed by atoms with van der Waals surface area (Å²) in [5, 5.41) is -0.381. The highest BCUT2D eigenvalue weighted by atomic mass is 35.5. The Morgan fingerprint density at radius 1 is 1.42 bits per heavy atom. The van der Waals surface area contributed by atoms with E-state index in [1.54, 1.807) is 0 Å². The van der Waals surface area contributed by atoms with Gasteiger partial charge in [0, 0.05) is 6.92 Å². The first-order valence-corrected chi connectivity index (χ1v) is 5.29. The molecule has 0 aliphatic carbocycles. The molecule has 0 fully saturated rings. The van der Waals surface area contributed by atoms with Gasteiger partial charge in [-0.25, -0.2) is 9.18 Å². The van der Waals surface area contributed by atoms with Gasteiger partial charge in [0.1, 0.15) is 5.82 Å². The summed E-state index contributed by atoms with van der Waals surface area (Å²) in [5.41, 5.74) is 2.14. The number of hydrogen-bond donors (Lipinski definition) is 2. The van der Waals surface area contributed by atoms with Crippen molar-refractivity contribution in [1.29, 1.82) is 0 Å². The van der Waals surface area contributed by atoms with Crippen LogP contribution < -0.4 is 11.3 Å². The van der Waals surface area contributed by atoms with Crippen molar-refractivity contribution in [2.45, 2.75) is 6.92 Å². The molecule has 9 heteroatoms. The van der Waals surface area contributed by atoms with Gasteiger partial charge in [-0.3, -0.25) is 10.6 Å². The Labute approximate surface area is 125 Å². The predicted molar refractivity (Wildman–Crippen MR) is 74.3 cm³/mol. The van der Waals surface area contributed by atoms with Crippen molar-refractivity contribution in [3.63, 3.8) is 0 Å². The molecule has 0 radical (unpaired) electrons. The molecule has 1 aromatic carbocycles. The quantitative estimate of drug-likeness (QED) is 0.376. The van der Waals surface area contributed by atoms with Gasteiger partial charge >= 0.3 is 5.97 Å². The van der Waals surface area contributed by atoms with Gasteiger partial charge in [0.15, 0.2) is 0 Å². The monoisotopic (exact) mass is 332 g/mol. The summed E-state index contributed by atoms with van der Waals surface area (Å²) in [4.78, 5) is 20.3. The standard InChI is InChI=1S/C8H8ClFN2O2.C2H3ClO.ClH/c1-14-8(13)4-2-7(12-11)6(10)3-5(4)9;1-2(3)4;/h2-3,12H,11H2,1H3;1H3;1H. The Bertz CT molecular complexity index is 454. The summed E-state index contributed by atoms with van der Waals surface area (Å²) in [7, 11) is 1.21. The number of ether oxygens (including phenoxy) is 1. The summed E-state index contributed by atoms with van der Waals surface area (Å²) in [6.07, 6.45) is 0. The van der Waals surface area contributed by atoms with E-state index >= 15 is 0 Å². The third-order valence-corrected chi connectivity index (χ3v) is 1.93. The molecule has 0 saturated carbocycles. The van der Waals surface area contributed by atoms with E-state index < -0.39 is 11.8 Å². The minimum Gasteiger partial charge on any atom is -0.465 e. The topological polar surface area (TPSA) is 81.4 Å². The fraction of sp³-hybridized carbons (Fsp3) is 0.200. The maximum absolute atomic E-state index is 13.0. The molecule has 0 spiro atoms. The number of rotatable bonds is 2. The number of carbonyl (C=O) groups is 2. The second kappa shape index (κ2) is 9.80. The van der Waals surface area contributed by atoms with Crippen molar-refractivity contribution in [3.05, 3.63) is 28.5 Å². The molecule has 0 unspecified atom stereocenters. The number of benzene rings is 1. The van der Waals surface area contributed by atoms with E-state index in [2.05, 4.69) is 21.8 Å². The number of hydrogen-bond acceptors (Lipinski definition) is 5. The average Bonchev–Trinajstić information content (AvgIpc) is 2.27. The number of anilines is 1. The highest BCUT2D eigenvalue weighted by molar-refractivity contribution is 6.62. The zero-order chi connectivity index (χ0) is 14.3. The maximum atomic E-state index is 13.0. The first-order chi connectivity index (χ1) is 8.33. The third kappa shape index (κ3) is 7.17. The van der Waals surface area contributed by atoms with Crippen molar-refractivity contribution in [3.8, 4) is 0 Å². The number of nitrogens with one attached hydrogen (secondary N) is 1. The van der Waals surface area contributed by atoms with E-state index in [-0.39, 0.29) is 33.9 Å². The molecule has 0 aliphatic heterocycles. The van der Waals surface area contributed by atoms with Crippen LogP contribution in [0.25, 0.3) is 0 Å². The van der Waals surface area contributed by atoms with Gasteiger partial charge in [0.2, 0.25) is 5.24 Å². The van der Waals surface area contributed by atoms with E-state index in [1.165, 1.54) is 20.1 Å². The SMILES string of the molecule is CC(=O)Cl.COC(=O)c1cc(NN)c(F)cc1Cl.Cl. The Kier molecular flexibility index (Phi) is 10.4. The fourth-order valence-electron chi connectivity index (χ4n) is 0.926. The number of carbonyl (C=O) groups excluding carboxylic acids is 2. The van der Waals surface area contributed by atoms with Crippen molar-refractivity contribution >= 4 is 52.5 Å². The van der Waals surface area contributed by atoms with Crippen LogP contribution in [0, 0.1) is 5.82 Å². The zero-order valence-corrected chi connectivity index (χ0v) is 12.3. The van der Waals surface area contributed by atoms with Gasteiger partial charge in [-0.05, 0) is 23.7 Å². The van der Waals surface area contributed by atoms with Crippen LogP contribution in [0.5, 0.6) is 0 Å². The second-order valence-electron chi connectivity index (χ2n) is 2.92. The lowest BCUT2D eigenvalue weighted by Crippen LogP contribution is -2.11. The lowest BCUT2D eigenvalue weighted by molar-refractivity contribution is -0.109. The third-order valence-electron chi connectivity index (χ3n) is 1.62. The molecule has 0 heterocycles. The van der Waals surface area contributed by atoms with Crippen molar-refractivity contribution < 1.29 is 18.7 Å². The second-order valence-corrected chi connectivity index (χ2v) is 3.86. The molecule has 0 atom stereocenters. The van der Waals surface area contributed by atoms with Gasteiger partial charge in [-0.2, -0.15) is 0 Å². The Morgan fingerprint density at radius 3 is 2.26 bits per heavy atom. The van der Waals surface area contributed by atoms with Crippen LogP contribution in [0.15, 0.2) is 12.1 Å². The number of nitrogen functional groups attached to an aromatic ring is 1. The summed E-state index contributed by atoms with van der Waals surface area (Å²) < 4.78 is 17.5. The zero-order valence-electron chi connectivity index (χ0n) is 10.00. The maximum Gasteiger partial charge on any atom is 0.339 e. The van der Waals surface area contributed by atoms with Gasteiger partial charge < -0.3 is 10.2 Å². The minimum atomic E-state index is -0.647. The van der Waals surface area contributed by atoms with Gasteiger partial charge in [0.25, 0.3) is 0 Å². The Morgan fingerprint density at radius 2 is 1.89 bits per heavy atom. The van der Waals surface area contributed by atoms with Crippen LogP contribution in [0.3, 0.4) is 0 Å². The molecule has 1 aromatic rings. The van der Waals surface area contributed by atoms with E-state index in [0.717, 1.165) is 6.07 Å². The van der Waals surface area contributed by atoms with Crippen LogP contribution in [0.2, 0.25) is 5.02 Å². The number of hydrazine groups is 1. The average molecular weight is 334 g/mol. The molecule has 0 aliphatic rings. The number of methoxy groups -OCH3 is 1. The van der Waals surface area contributed by atoms with E-state index in [0.29, 0.717) is 0 Å². The molecule has 0 amide bonds. The molecule has 0 bridgehead atoms.